The molecule has 132 valence electrons. The summed E-state index contributed by atoms with van der Waals surface area (Å²) in [6.07, 6.45) is 19.4. The van der Waals surface area contributed by atoms with Gasteiger partial charge in [-0.15, -0.1) is 0 Å². The smallest absolute Gasteiger partial charge is 0.305 e. The Balaban J connectivity index is 3.14. The lowest BCUT2D eigenvalue weighted by atomic mass is 9.96. The number of ether oxygens (including phenoxy) is 1. The van der Waals surface area contributed by atoms with E-state index in [0.717, 1.165) is 12.3 Å². The lowest BCUT2D eigenvalue weighted by molar-refractivity contribution is -0.140. The van der Waals surface area contributed by atoms with Crippen molar-refractivity contribution >= 4 is 5.97 Å². The van der Waals surface area contributed by atoms with E-state index in [1.807, 2.05) is 0 Å². The normalized spacial score (nSPS) is 12.3. The second-order valence-electron chi connectivity index (χ2n) is 6.90. The highest BCUT2D eigenvalue weighted by atomic mass is 16.5. The molecule has 22 heavy (non-hydrogen) atoms. The maximum Gasteiger partial charge on any atom is 0.305 e. The minimum absolute atomic E-state index is 0.0659. The van der Waals surface area contributed by atoms with Gasteiger partial charge in [0, 0.05) is 6.42 Å². The number of unbranched alkanes of at least 4 members (excludes halogenated alkanes) is 10. The molecule has 0 aliphatic heterocycles. The van der Waals surface area contributed by atoms with Crippen molar-refractivity contribution in [2.24, 2.45) is 5.92 Å². The number of esters is 1. The lowest BCUT2D eigenvalue weighted by Gasteiger charge is -2.10. The van der Waals surface area contributed by atoms with Crippen LogP contribution < -0.4 is 0 Å². The van der Waals surface area contributed by atoms with E-state index in [-0.39, 0.29) is 5.97 Å². The van der Waals surface area contributed by atoms with E-state index in [4.69, 9.17) is 0 Å². The van der Waals surface area contributed by atoms with Crippen LogP contribution in [0.1, 0.15) is 110 Å². The van der Waals surface area contributed by atoms with Gasteiger partial charge in [0.15, 0.2) is 0 Å². The summed E-state index contributed by atoms with van der Waals surface area (Å²) in [7, 11) is 1.47. The van der Waals surface area contributed by atoms with Crippen LogP contribution in [-0.2, 0) is 9.53 Å². The zero-order chi connectivity index (χ0) is 16.5. The van der Waals surface area contributed by atoms with Crippen molar-refractivity contribution in [1.82, 2.24) is 0 Å². The van der Waals surface area contributed by atoms with Gasteiger partial charge in [-0.25, -0.2) is 0 Å². The first kappa shape index (κ1) is 21.5. The first-order chi connectivity index (χ1) is 10.7. The summed E-state index contributed by atoms with van der Waals surface area (Å²) in [5, 5.41) is 0. The first-order valence-electron chi connectivity index (χ1n) is 9.77. The highest BCUT2D eigenvalue weighted by Crippen LogP contribution is 2.18. The average molecular weight is 313 g/mol. The molecule has 0 aliphatic rings. The molecule has 2 heteroatoms. The second-order valence-corrected chi connectivity index (χ2v) is 6.90. The average Bonchev–Trinajstić information content (AvgIpc) is 2.53. The number of hydrogen-bond donors (Lipinski definition) is 0. The molecule has 0 aromatic carbocycles. The van der Waals surface area contributed by atoms with Gasteiger partial charge in [0.25, 0.3) is 0 Å². The summed E-state index contributed by atoms with van der Waals surface area (Å²) in [6, 6.07) is 0. The van der Waals surface area contributed by atoms with Crippen molar-refractivity contribution in [1.29, 1.82) is 0 Å². The van der Waals surface area contributed by atoms with E-state index >= 15 is 0 Å². The predicted molar refractivity (Wildman–Crippen MR) is 96.1 cm³/mol. The van der Waals surface area contributed by atoms with Crippen LogP contribution in [0.3, 0.4) is 0 Å². The number of methoxy groups -OCH3 is 1. The van der Waals surface area contributed by atoms with Crippen molar-refractivity contribution in [3.63, 3.8) is 0 Å². The van der Waals surface area contributed by atoms with Gasteiger partial charge in [0.05, 0.1) is 7.11 Å². The van der Waals surface area contributed by atoms with E-state index in [0.29, 0.717) is 6.42 Å². The fourth-order valence-electron chi connectivity index (χ4n) is 2.99. The van der Waals surface area contributed by atoms with Gasteiger partial charge < -0.3 is 4.74 Å². The molecule has 0 rings (SSSR count). The Bertz CT molecular complexity index is 238. The largest absolute Gasteiger partial charge is 0.469 e. The molecule has 2 nitrogen and oxygen atoms in total. The summed E-state index contributed by atoms with van der Waals surface area (Å²) in [5.41, 5.74) is 0. The van der Waals surface area contributed by atoms with Gasteiger partial charge in [-0.2, -0.15) is 0 Å². The van der Waals surface area contributed by atoms with Crippen molar-refractivity contribution < 1.29 is 9.53 Å². The zero-order valence-corrected chi connectivity index (χ0v) is 15.5. The molecule has 0 saturated carbocycles. The van der Waals surface area contributed by atoms with Gasteiger partial charge in [0.2, 0.25) is 0 Å². The fraction of sp³-hybridized carbons (Fsp3) is 0.950. The summed E-state index contributed by atoms with van der Waals surface area (Å²) >= 11 is 0. The topological polar surface area (TPSA) is 26.3 Å². The van der Waals surface area contributed by atoms with Crippen LogP contribution >= 0.6 is 0 Å². The monoisotopic (exact) mass is 312 g/mol. The molecule has 0 radical (unpaired) electrons. The minimum Gasteiger partial charge on any atom is -0.469 e. The molecule has 1 atom stereocenters. The van der Waals surface area contributed by atoms with Crippen molar-refractivity contribution in [3.05, 3.63) is 0 Å². The van der Waals surface area contributed by atoms with Gasteiger partial charge in [-0.1, -0.05) is 97.3 Å². The van der Waals surface area contributed by atoms with Gasteiger partial charge in [-0.3, -0.25) is 4.79 Å². The number of carbonyl (C=O) groups is 1. The molecule has 0 heterocycles. The van der Waals surface area contributed by atoms with Crippen LogP contribution in [0.25, 0.3) is 0 Å². The summed E-state index contributed by atoms with van der Waals surface area (Å²) in [4.78, 5) is 10.9. The molecule has 0 spiro atoms. The molecule has 0 amide bonds. The standard InChI is InChI=1S/C20H40O2/c1-4-5-6-13-16-19(2)17-14-11-9-7-8-10-12-15-18-20(21)22-3/h19H,4-18H2,1-3H3. The lowest BCUT2D eigenvalue weighted by Crippen LogP contribution is -1.99. The van der Waals surface area contributed by atoms with E-state index < -0.39 is 0 Å². The van der Waals surface area contributed by atoms with Gasteiger partial charge in [0.1, 0.15) is 0 Å². The van der Waals surface area contributed by atoms with E-state index in [1.165, 1.54) is 90.6 Å². The quantitative estimate of drug-likeness (QED) is 0.235. The Morgan fingerprint density at radius 1 is 0.773 bits per heavy atom. The van der Waals surface area contributed by atoms with Gasteiger partial charge >= 0.3 is 5.97 Å². The van der Waals surface area contributed by atoms with Crippen LogP contribution in [0, 0.1) is 5.92 Å². The number of rotatable bonds is 16. The van der Waals surface area contributed by atoms with E-state index in [9.17, 15) is 4.79 Å². The summed E-state index contributed by atoms with van der Waals surface area (Å²) in [5.74, 6) is 0.860. The Morgan fingerprint density at radius 2 is 1.23 bits per heavy atom. The summed E-state index contributed by atoms with van der Waals surface area (Å²) < 4.78 is 4.64. The zero-order valence-electron chi connectivity index (χ0n) is 15.5. The molecule has 0 N–H and O–H groups in total. The maximum atomic E-state index is 10.9. The van der Waals surface area contributed by atoms with Crippen LogP contribution in [-0.4, -0.2) is 13.1 Å². The maximum absolute atomic E-state index is 10.9. The van der Waals surface area contributed by atoms with Crippen molar-refractivity contribution in [2.45, 2.75) is 110 Å². The third kappa shape index (κ3) is 15.9. The van der Waals surface area contributed by atoms with Crippen molar-refractivity contribution in [2.75, 3.05) is 7.11 Å². The molecule has 0 saturated heterocycles. The van der Waals surface area contributed by atoms with Crippen LogP contribution in [0.5, 0.6) is 0 Å². The van der Waals surface area contributed by atoms with E-state index in [2.05, 4.69) is 18.6 Å². The molecule has 1 unspecified atom stereocenters. The van der Waals surface area contributed by atoms with Crippen LogP contribution in [0.15, 0.2) is 0 Å². The Kier molecular flexibility index (Phi) is 16.4. The highest BCUT2D eigenvalue weighted by Gasteiger charge is 2.02. The van der Waals surface area contributed by atoms with Crippen molar-refractivity contribution in [3.8, 4) is 0 Å². The Labute approximate surface area is 139 Å². The fourth-order valence-corrected chi connectivity index (χ4v) is 2.99. The molecular weight excluding hydrogens is 272 g/mol. The number of carbonyl (C=O) groups excluding carboxylic acids is 1. The molecule has 0 aliphatic carbocycles. The Morgan fingerprint density at radius 3 is 1.73 bits per heavy atom. The van der Waals surface area contributed by atoms with E-state index in [1.54, 1.807) is 0 Å². The first-order valence-corrected chi connectivity index (χ1v) is 9.77. The predicted octanol–water partition coefficient (Wildman–Crippen LogP) is 6.67. The molecule has 0 fully saturated rings. The summed E-state index contributed by atoms with van der Waals surface area (Å²) in [6.45, 7) is 4.70. The minimum atomic E-state index is -0.0659. The SMILES string of the molecule is CCCCCCC(C)CCCCCCCCCCC(=O)OC. The Hall–Kier alpha value is -0.530. The second kappa shape index (κ2) is 16.8. The van der Waals surface area contributed by atoms with Crippen LogP contribution in [0.4, 0.5) is 0 Å². The van der Waals surface area contributed by atoms with Gasteiger partial charge in [-0.05, 0) is 12.3 Å². The highest BCUT2D eigenvalue weighted by molar-refractivity contribution is 5.68. The third-order valence-electron chi connectivity index (χ3n) is 4.61. The molecule has 0 aromatic heterocycles. The molecule has 0 bridgehead atoms. The molecular formula is C20H40O2. The van der Waals surface area contributed by atoms with Crippen LogP contribution in [0.2, 0.25) is 0 Å². The third-order valence-corrected chi connectivity index (χ3v) is 4.61. The molecule has 0 aromatic rings. The number of hydrogen-bond acceptors (Lipinski definition) is 2.